The predicted octanol–water partition coefficient (Wildman–Crippen LogP) is 6.65. The molecule has 1 aromatic heterocycles. The fourth-order valence-electron chi connectivity index (χ4n) is 4.24. The topological polar surface area (TPSA) is 127 Å². The van der Waals surface area contributed by atoms with Crippen LogP contribution < -0.4 is 10.0 Å². The van der Waals surface area contributed by atoms with Crippen molar-refractivity contribution in [3.05, 3.63) is 35.5 Å². The number of benzene rings is 1. The molecule has 0 saturated carbocycles. The van der Waals surface area contributed by atoms with Gasteiger partial charge in [0.2, 0.25) is 10.0 Å². The lowest BCUT2D eigenvalue weighted by Crippen LogP contribution is -2.41. The summed E-state index contributed by atoms with van der Waals surface area (Å²) in [6.45, 7) is 14.3. The van der Waals surface area contributed by atoms with Crippen LogP contribution in [0.15, 0.2) is 35.4 Å². The standard InChI is InChI=1S/C29H42N4O6S2/c1-18(2)38-26(34)31-20-12-15-22(24(16-20)41(36,37)32-28(3,4)5)23-17-30-25(40-23)19-10-13-21(14-11-19)33(9)27(35)39-29(6,7)8/h10,12,15-18,21,32H,11,13-14H2,1-9H3,(H,31,34). The molecule has 1 aromatic carbocycles. The van der Waals surface area contributed by atoms with E-state index in [9.17, 15) is 18.0 Å². The van der Waals surface area contributed by atoms with Gasteiger partial charge in [0.15, 0.2) is 0 Å². The van der Waals surface area contributed by atoms with E-state index in [0.717, 1.165) is 23.4 Å². The molecule has 1 atom stereocenters. The molecular formula is C29H42N4O6S2. The summed E-state index contributed by atoms with van der Waals surface area (Å²) in [6.07, 6.45) is 4.58. The van der Waals surface area contributed by atoms with Crippen molar-refractivity contribution in [3.63, 3.8) is 0 Å². The molecule has 2 N–H and O–H groups in total. The Hall–Kier alpha value is -2.96. The lowest BCUT2D eigenvalue weighted by molar-refractivity contribution is 0.0215. The first-order chi connectivity index (χ1) is 18.8. The van der Waals surface area contributed by atoms with E-state index in [1.807, 2.05) is 20.8 Å². The Bertz CT molecular complexity index is 1400. The van der Waals surface area contributed by atoms with Crippen LogP contribution in [0.2, 0.25) is 0 Å². The minimum absolute atomic E-state index is 0.0238. The number of nitrogens with zero attached hydrogens (tertiary/aromatic N) is 2. The van der Waals surface area contributed by atoms with Crippen molar-refractivity contribution in [1.82, 2.24) is 14.6 Å². The van der Waals surface area contributed by atoms with Gasteiger partial charge in [0.05, 0.1) is 15.9 Å². The molecule has 1 heterocycles. The molecule has 1 aliphatic rings. The van der Waals surface area contributed by atoms with Gasteiger partial charge in [-0.25, -0.2) is 27.7 Å². The molecule has 0 saturated heterocycles. The Balaban J connectivity index is 1.88. The number of nitrogens with one attached hydrogen (secondary N) is 2. The summed E-state index contributed by atoms with van der Waals surface area (Å²) in [6, 6.07) is 4.77. The summed E-state index contributed by atoms with van der Waals surface area (Å²) in [5.41, 5.74) is 0.562. The number of anilines is 1. The van der Waals surface area contributed by atoms with Gasteiger partial charge in [-0.3, -0.25) is 5.32 Å². The average Bonchev–Trinajstić information content (AvgIpc) is 3.31. The molecule has 0 aliphatic heterocycles. The van der Waals surface area contributed by atoms with E-state index in [1.165, 1.54) is 17.4 Å². The number of carbonyl (C=O) groups is 2. The van der Waals surface area contributed by atoms with E-state index >= 15 is 0 Å². The smallest absolute Gasteiger partial charge is 0.411 e. The third kappa shape index (κ3) is 9.27. The summed E-state index contributed by atoms with van der Waals surface area (Å²) >= 11 is 1.40. The largest absolute Gasteiger partial charge is 0.447 e. The number of hydrogen-bond acceptors (Lipinski definition) is 8. The average molecular weight is 607 g/mol. The van der Waals surface area contributed by atoms with Gasteiger partial charge in [-0.15, -0.1) is 11.3 Å². The molecule has 12 heteroatoms. The third-order valence-electron chi connectivity index (χ3n) is 5.96. The van der Waals surface area contributed by atoms with E-state index in [4.69, 9.17) is 9.47 Å². The van der Waals surface area contributed by atoms with Crippen LogP contribution in [0.3, 0.4) is 0 Å². The van der Waals surface area contributed by atoms with Crippen molar-refractivity contribution in [2.75, 3.05) is 12.4 Å². The molecule has 226 valence electrons. The first kappa shape index (κ1) is 32.6. The summed E-state index contributed by atoms with van der Waals surface area (Å²) in [5, 5.41) is 3.41. The van der Waals surface area contributed by atoms with Gasteiger partial charge < -0.3 is 14.4 Å². The quantitative estimate of drug-likeness (QED) is 0.361. The zero-order valence-corrected chi connectivity index (χ0v) is 27.0. The highest BCUT2D eigenvalue weighted by molar-refractivity contribution is 7.89. The summed E-state index contributed by atoms with van der Waals surface area (Å²) in [5.74, 6) is 0. The second kappa shape index (κ2) is 12.5. The number of allylic oxidation sites excluding steroid dienone is 1. The highest BCUT2D eigenvalue weighted by Gasteiger charge is 2.29. The number of amides is 2. The Labute approximate surface area is 247 Å². The zero-order valence-electron chi connectivity index (χ0n) is 25.3. The SMILES string of the molecule is CC(C)OC(=O)Nc1ccc(-c2cnc(C3=CCC(N(C)C(=O)OC(C)(C)C)CC3)s2)c(S(=O)(=O)NC(C)(C)C)c1. The van der Waals surface area contributed by atoms with Gasteiger partial charge in [-0.05, 0) is 92.4 Å². The van der Waals surface area contributed by atoms with Gasteiger partial charge in [0.1, 0.15) is 10.6 Å². The van der Waals surface area contributed by atoms with E-state index < -0.39 is 27.3 Å². The second-order valence-corrected chi connectivity index (χ2v) is 15.1. The van der Waals surface area contributed by atoms with E-state index in [2.05, 4.69) is 21.1 Å². The molecule has 0 radical (unpaired) electrons. The number of hydrogen-bond donors (Lipinski definition) is 2. The zero-order chi connectivity index (χ0) is 30.8. The highest BCUT2D eigenvalue weighted by Crippen LogP contribution is 2.38. The number of aromatic nitrogens is 1. The Morgan fingerprint density at radius 2 is 1.83 bits per heavy atom. The van der Waals surface area contributed by atoms with Crippen LogP contribution in [0.4, 0.5) is 15.3 Å². The number of sulfonamides is 1. The lowest BCUT2D eigenvalue weighted by Gasteiger charge is -2.32. The van der Waals surface area contributed by atoms with Crippen LogP contribution in [0.5, 0.6) is 0 Å². The molecule has 41 heavy (non-hydrogen) atoms. The van der Waals surface area contributed by atoms with Crippen molar-refractivity contribution >= 4 is 44.8 Å². The number of ether oxygens (including phenoxy) is 2. The minimum Gasteiger partial charge on any atom is -0.447 e. The number of thiazole rings is 1. The Kier molecular flexibility index (Phi) is 9.92. The van der Waals surface area contributed by atoms with Crippen molar-refractivity contribution in [3.8, 4) is 10.4 Å². The molecule has 0 bridgehead atoms. The van der Waals surface area contributed by atoms with Crippen LogP contribution in [-0.4, -0.2) is 60.8 Å². The number of carbonyl (C=O) groups excluding carboxylic acids is 2. The van der Waals surface area contributed by atoms with Crippen molar-refractivity contribution in [2.45, 2.75) is 103 Å². The van der Waals surface area contributed by atoms with Crippen LogP contribution in [0.1, 0.15) is 79.7 Å². The van der Waals surface area contributed by atoms with Gasteiger partial charge in [-0.1, -0.05) is 12.1 Å². The maximum Gasteiger partial charge on any atom is 0.411 e. The second-order valence-electron chi connectivity index (χ2n) is 12.4. The van der Waals surface area contributed by atoms with Gasteiger partial charge >= 0.3 is 12.2 Å². The molecule has 1 aliphatic carbocycles. The van der Waals surface area contributed by atoms with E-state index in [-0.39, 0.29) is 23.1 Å². The minimum atomic E-state index is -3.96. The molecule has 3 rings (SSSR count). The van der Waals surface area contributed by atoms with Gasteiger partial charge in [0, 0.05) is 36.1 Å². The summed E-state index contributed by atoms with van der Waals surface area (Å²) < 4.78 is 40.3. The summed E-state index contributed by atoms with van der Waals surface area (Å²) in [7, 11) is -2.20. The molecule has 2 amide bonds. The first-order valence-corrected chi connectivity index (χ1v) is 15.9. The fraction of sp³-hybridized carbons (Fsp3) is 0.552. The van der Waals surface area contributed by atoms with Gasteiger partial charge in [-0.2, -0.15) is 0 Å². The van der Waals surface area contributed by atoms with Crippen molar-refractivity contribution in [1.29, 1.82) is 0 Å². The molecule has 2 aromatic rings. The van der Waals surface area contributed by atoms with Crippen molar-refractivity contribution < 1.29 is 27.5 Å². The van der Waals surface area contributed by atoms with E-state index in [1.54, 1.807) is 64.9 Å². The van der Waals surface area contributed by atoms with Gasteiger partial charge in [0.25, 0.3) is 0 Å². The van der Waals surface area contributed by atoms with Crippen LogP contribution in [0.25, 0.3) is 16.0 Å². The van der Waals surface area contributed by atoms with Crippen molar-refractivity contribution in [2.24, 2.45) is 0 Å². The highest BCUT2D eigenvalue weighted by atomic mass is 32.2. The number of rotatable bonds is 7. The fourth-order valence-corrected chi connectivity index (χ4v) is 7.00. The Morgan fingerprint density at radius 3 is 2.39 bits per heavy atom. The van der Waals surface area contributed by atoms with Crippen LogP contribution in [0, 0.1) is 0 Å². The molecule has 10 nitrogen and oxygen atoms in total. The van der Waals surface area contributed by atoms with Crippen LogP contribution >= 0.6 is 11.3 Å². The Morgan fingerprint density at radius 1 is 1.15 bits per heavy atom. The molecular weight excluding hydrogens is 564 g/mol. The monoisotopic (exact) mass is 606 g/mol. The van der Waals surface area contributed by atoms with Crippen LogP contribution in [-0.2, 0) is 19.5 Å². The predicted molar refractivity (Wildman–Crippen MR) is 162 cm³/mol. The molecule has 1 unspecified atom stereocenters. The lowest BCUT2D eigenvalue weighted by atomic mass is 9.95. The summed E-state index contributed by atoms with van der Waals surface area (Å²) in [4.78, 5) is 31.6. The first-order valence-electron chi connectivity index (χ1n) is 13.6. The molecule has 0 spiro atoms. The normalized spacial score (nSPS) is 16.2. The maximum absolute atomic E-state index is 13.5. The van der Waals surface area contributed by atoms with E-state index in [0.29, 0.717) is 22.5 Å². The third-order valence-corrected chi connectivity index (χ3v) is 8.86. The molecule has 0 fully saturated rings. The maximum atomic E-state index is 13.5.